The monoisotopic (exact) mass is 1650 g/mol. The summed E-state index contributed by atoms with van der Waals surface area (Å²) in [6.45, 7) is 11.1. The number of ether oxygens (including phenoxy) is 7. The topological polar surface area (TPSA) is 331 Å². The van der Waals surface area contributed by atoms with Gasteiger partial charge in [-0.3, -0.25) is 24.3 Å². The summed E-state index contributed by atoms with van der Waals surface area (Å²) in [6, 6.07) is 53.4. The lowest BCUT2D eigenvalue weighted by atomic mass is 10.00. The Hall–Kier alpha value is -13.0. The maximum absolute atomic E-state index is 12.7. The fourth-order valence-electron chi connectivity index (χ4n) is 14.5. The van der Waals surface area contributed by atoms with Crippen LogP contribution in [0.1, 0.15) is 94.2 Å². The number of esters is 1. The van der Waals surface area contributed by atoms with Crippen molar-refractivity contribution in [3.63, 3.8) is 0 Å². The van der Waals surface area contributed by atoms with E-state index >= 15 is 0 Å². The van der Waals surface area contributed by atoms with Crippen molar-refractivity contribution in [3.8, 4) is 0 Å². The van der Waals surface area contributed by atoms with Gasteiger partial charge in [-0.2, -0.15) is 14.7 Å². The maximum atomic E-state index is 12.7. The van der Waals surface area contributed by atoms with Crippen LogP contribution in [0.2, 0.25) is 5.15 Å². The number of amides is 5. The summed E-state index contributed by atoms with van der Waals surface area (Å²) in [5.41, 5.74) is 12.4. The third kappa shape index (κ3) is 22.8. The fourth-order valence-corrected chi connectivity index (χ4v) is 14.8. The van der Waals surface area contributed by atoms with Crippen molar-refractivity contribution >= 4 is 82.4 Å². The molecule has 0 spiro atoms. The SMILES string of the molecule is CCOC(=O)C1CCN(C(=O)OCc2ccccc2)CCC1=O.O=C(OCc1ccccc1)N1CCc2nc3cc[nH]n3c(=O)c2CC1.O=C(OCc1ccccc1)N1CCc2nc3ccnn3c(Cl)c2CC1.O=C(OCc1ccccc1)N1CCc2nc3ccnn3c(N3CCOCC3)c2CC1.O=C1CCN(C(=O)OCc2ccccc2)CC1. The number of ketones is 2. The number of likely N-dealkylation sites (tertiary alicyclic amines) is 2. The molecule has 1 unspecified atom stereocenters. The van der Waals surface area contributed by atoms with Crippen molar-refractivity contribution in [3.05, 3.63) is 266 Å². The third-order valence-electron chi connectivity index (χ3n) is 21.0. The van der Waals surface area contributed by atoms with E-state index in [9.17, 15) is 43.2 Å². The summed E-state index contributed by atoms with van der Waals surface area (Å²) in [6.07, 6.45) is 8.47. The number of aromatic amines is 1. The van der Waals surface area contributed by atoms with E-state index in [4.69, 9.17) is 49.7 Å². The van der Waals surface area contributed by atoms with Crippen LogP contribution in [0.3, 0.4) is 0 Å². The molecule has 0 aliphatic carbocycles. The molecule has 5 amide bonds. The molecule has 3 saturated heterocycles. The summed E-state index contributed by atoms with van der Waals surface area (Å²) in [7, 11) is 0. The molecule has 12 heterocycles. The van der Waals surface area contributed by atoms with Gasteiger partial charge in [0.25, 0.3) is 5.56 Å². The predicted molar refractivity (Wildman–Crippen MR) is 442 cm³/mol. The van der Waals surface area contributed by atoms with E-state index in [0.717, 1.165) is 87.1 Å². The lowest BCUT2D eigenvalue weighted by Gasteiger charge is -2.31. The molecular formula is C88H96ClN15O16. The molecule has 6 aromatic heterocycles. The first kappa shape index (κ1) is 84.9. The van der Waals surface area contributed by atoms with Gasteiger partial charge in [-0.1, -0.05) is 163 Å². The van der Waals surface area contributed by atoms with Gasteiger partial charge in [-0.25, -0.2) is 48.0 Å². The standard InChI is InChI=1S/C22H25N5O3.C18H17ClN4O2.C18H18N4O3.C17H21NO5.C13H15NO3/c28-22(30-16-17-4-2-1-3-5-17)26-10-7-18-19(8-11-26)24-20-6-9-23-27(20)21(18)25-12-14-29-15-13-25;19-17-14-7-10-22(18(24)25-12-13-4-2-1-3-5-13)11-8-15(14)21-16-6-9-20-23(16)17;23-17-14-7-10-21(18(24)25-12-13-4-2-1-3-5-13)11-8-15(14)20-16-6-9-19-22(16)17;1-2-22-16(20)14-8-10-18(11-9-15(14)19)17(21)23-12-13-6-4-3-5-7-13;15-12-6-8-14(9-7-12)13(16)17-10-11-4-2-1-3-5-11/h1-6,9H,7-8,10-16H2;1-6,9H,7-8,10-12H2;1-6,9,19H,7-8,10-12H2;3-7,14H,2,8-12H2,1H3;1-5H,6-10H2. The first-order valence-electron chi connectivity index (χ1n) is 40.4. The Morgan fingerprint density at radius 3 is 1.23 bits per heavy atom. The quantitative estimate of drug-likeness (QED) is 0.0485. The number of aromatic nitrogens is 9. The zero-order valence-corrected chi connectivity index (χ0v) is 67.6. The van der Waals surface area contributed by atoms with Crippen LogP contribution >= 0.6 is 11.6 Å². The maximum Gasteiger partial charge on any atom is 0.410 e. The van der Waals surface area contributed by atoms with Crippen LogP contribution in [-0.2, 0) is 119 Å². The van der Waals surface area contributed by atoms with E-state index in [1.54, 1.807) is 55.7 Å². The van der Waals surface area contributed by atoms with Crippen molar-refractivity contribution in [1.29, 1.82) is 0 Å². The lowest BCUT2D eigenvalue weighted by molar-refractivity contribution is -0.151. The van der Waals surface area contributed by atoms with E-state index in [-0.39, 0.29) is 101 Å². The number of fused-ring (bicyclic) bond motifs is 6. The molecule has 0 saturated carbocycles. The summed E-state index contributed by atoms with van der Waals surface area (Å²) < 4.78 is 42.3. The van der Waals surface area contributed by atoms with Gasteiger partial charge in [0, 0.05) is 158 Å². The average Bonchev–Trinajstić information content (AvgIpc) is 1.57. The van der Waals surface area contributed by atoms with Crippen LogP contribution in [0.25, 0.3) is 16.9 Å². The van der Waals surface area contributed by atoms with Crippen LogP contribution in [0.4, 0.5) is 29.8 Å². The molecule has 0 radical (unpaired) electrons. The van der Waals surface area contributed by atoms with Crippen molar-refractivity contribution < 1.29 is 71.5 Å². The Balaban J connectivity index is 0.000000131. The minimum absolute atomic E-state index is 0.0931. The Morgan fingerprint density at radius 1 is 0.408 bits per heavy atom. The predicted octanol–water partition coefficient (Wildman–Crippen LogP) is 11.3. The fraction of sp³-hybridized carbons (Fsp3) is 0.364. The number of nitrogens with one attached hydrogen (secondary N) is 1. The average molecular weight is 1660 g/mol. The highest BCUT2D eigenvalue weighted by Gasteiger charge is 2.34. The third-order valence-corrected chi connectivity index (χ3v) is 21.4. The van der Waals surface area contributed by atoms with Crippen LogP contribution in [0.5, 0.6) is 0 Å². The van der Waals surface area contributed by atoms with E-state index in [1.165, 1.54) is 15.0 Å². The van der Waals surface area contributed by atoms with Crippen LogP contribution in [0, 0.1) is 5.92 Å². The number of halogens is 1. The van der Waals surface area contributed by atoms with Crippen molar-refractivity contribution in [2.24, 2.45) is 5.92 Å². The number of hydrogen-bond donors (Lipinski definition) is 1. The number of benzene rings is 5. The van der Waals surface area contributed by atoms with E-state index in [0.29, 0.717) is 133 Å². The molecule has 3 fully saturated rings. The Bertz CT molecular complexity index is 5350. The summed E-state index contributed by atoms with van der Waals surface area (Å²) in [5.74, 6) is -0.152. The second-order valence-electron chi connectivity index (χ2n) is 29.0. The van der Waals surface area contributed by atoms with Gasteiger partial charge >= 0.3 is 36.4 Å². The number of Topliss-reactive ketones (excluding diaryl/α,β-unsaturated/α-hetero) is 2. The number of piperidine rings is 1. The van der Waals surface area contributed by atoms with Gasteiger partial charge in [0.15, 0.2) is 16.9 Å². The van der Waals surface area contributed by atoms with Crippen LogP contribution in [-0.4, -0.2) is 215 Å². The number of morpholine rings is 1. The zero-order chi connectivity index (χ0) is 83.5. The molecule has 6 aliphatic heterocycles. The number of rotatable bonds is 13. The minimum atomic E-state index is -0.776. The molecule has 11 aromatic rings. The van der Waals surface area contributed by atoms with Crippen LogP contribution < -0.4 is 10.5 Å². The Labute approximate surface area is 697 Å². The Kier molecular flexibility index (Phi) is 30.0. The Morgan fingerprint density at radius 2 is 0.775 bits per heavy atom. The van der Waals surface area contributed by atoms with Gasteiger partial charge in [0.1, 0.15) is 61.5 Å². The molecule has 1 N–H and O–H groups in total. The zero-order valence-electron chi connectivity index (χ0n) is 66.9. The lowest BCUT2D eigenvalue weighted by Crippen LogP contribution is -2.38. The van der Waals surface area contributed by atoms with E-state index < -0.39 is 18.0 Å². The molecule has 5 aromatic carbocycles. The first-order chi connectivity index (χ1) is 58.6. The summed E-state index contributed by atoms with van der Waals surface area (Å²) in [4.78, 5) is 133. The van der Waals surface area contributed by atoms with E-state index in [2.05, 4.69) is 30.2 Å². The van der Waals surface area contributed by atoms with Crippen LogP contribution in [0.15, 0.2) is 193 Å². The molecule has 32 heteroatoms. The molecule has 6 aliphatic rings. The van der Waals surface area contributed by atoms with Gasteiger partial charge in [-0.05, 0) is 60.4 Å². The number of carbonyl (C=O) groups excluding carboxylic acids is 8. The van der Waals surface area contributed by atoms with Crippen molar-refractivity contribution in [1.82, 2.24) is 68.3 Å². The molecule has 17 rings (SSSR count). The largest absolute Gasteiger partial charge is 0.465 e. The van der Waals surface area contributed by atoms with Crippen molar-refractivity contribution in [2.45, 2.75) is 104 Å². The second kappa shape index (κ2) is 42.4. The highest BCUT2D eigenvalue weighted by Crippen LogP contribution is 2.30. The van der Waals surface area contributed by atoms with Gasteiger partial charge < -0.3 is 62.6 Å². The van der Waals surface area contributed by atoms with Gasteiger partial charge in [-0.15, -0.1) is 0 Å². The molecule has 31 nitrogen and oxygen atoms in total. The molecule has 626 valence electrons. The number of hydrogen-bond acceptors (Lipinski definition) is 22. The number of anilines is 1. The molecule has 1 atom stereocenters. The molecule has 120 heavy (non-hydrogen) atoms. The summed E-state index contributed by atoms with van der Waals surface area (Å²) >= 11 is 6.47. The number of nitrogens with zero attached hydrogens (tertiary/aromatic N) is 14. The number of carbonyl (C=O) groups is 8. The van der Waals surface area contributed by atoms with Crippen molar-refractivity contribution in [2.75, 3.05) is 103 Å². The minimum Gasteiger partial charge on any atom is -0.465 e. The first-order valence-corrected chi connectivity index (χ1v) is 40.7. The smallest absolute Gasteiger partial charge is 0.410 e. The van der Waals surface area contributed by atoms with E-state index in [1.807, 2.05) is 168 Å². The van der Waals surface area contributed by atoms with Gasteiger partial charge in [0.05, 0.1) is 49.3 Å². The second-order valence-corrected chi connectivity index (χ2v) is 29.3. The van der Waals surface area contributed by atoms with Gasteiger partial charge in [0.2, 0.25) is 0 Å². The molecular weight excluding hydrogens is 1560 g/mol. The normalized spacial score (nSPS) is 15.9. The number of H-pyrrole nitrogens is 1. The highest BCUT2D eigenvalue weighted by atomic mass is 35.5. The highest BCUT2D eigenvalue weighted by molar-refractivity contribution is 6.30. The summed E-state index contributed by atoms with van der Waals surface area (Å²) in [5, 5.41) is 12.1. The molecule has 0 bridgehead atoms.